The Bertz CT molecular complexity index is 433. The van der Waals surface area contributed by atoms with Gasteiger partial charge in [0, 0.05) is 18.7 Å². The van der Waals surface area contributed by atoms with E-state index in [1.807, 2.05) is 0 Å². The maximum atomic E-state index is 13.9. The van der Waals surface area contributed by atoms with Gasteiger partial charge in [0.05, 0.1) is 21.3 Å². The van der Waals surface area contributed by atoms with Crippen LogP contribution >= 0.6 is 0 Å². The maximum absolute atomic E-state index is 13.9. The summed E-state index contributed by atoms with van der Waals surface area (Å²) in [6.45, 7) is 0. The van der Waals surface area contributed by atoms with Crippen molar-refractivity contribution >= 4 is 5.97 Å². The van der Waals surface area contributed by atoms with Gasteiger partial charge in [0.1, 0.15) is 5.82 Å². The molecule has 5 nitrogen and oxygen atoms in total. The number of benzene rings is 1. The molecular formula is C12H15FO5. The first kappa shape index (κ1) is 14.2. The van der Waals surface area contributed by atoms with Crippen molar-refractivity contribution < 1.29 is 28.1 Å². The van der Waals surface area contributed by atoms with Gasteiger partial charge in [-0.25, -0.2) is 9.18 Å². The number of hydrogen-bond donors (Lipinski definition) is 0. The summed E-state index contributed by atoms with van der Waals surface area (Å²) in [5, 5.41) is 0. The van der Waals surface area contributed by atoms with Crippen molar-refractivity contribution in [1.82, 2.24) is 0 Å². The van der Waals surface area contributed by atoms with Crippen molar-refractivity contribution in [3.63, 3.8) is 0 Å². The van der Waals surface area contributed by atoms with Gasteiger partial charge in [-0.1, -0.05) is 0 Å². The van der Waals surface area contributed by atoms with Crippen molar-refractivity contribution in [3.8, 4) is 11.5 Å². The topological polar surface area (TPSA) is 54.0 Å². The molecule has 0 aliphatic rings. The fourth-order valence-corrected chi connectivity index (χ4v) is 1.53. The molecule has 1 rings (SSSR count). The first-order valence-corrected chi connectivity index (χ1v) is 5.11. The van der Waals surface area contributed by atoms with Crippen molar-refractivity contribution in [3.05, 3.63) is 23.5 Å². The van der Waals surface area contributed by atoms with Crippen LogP contribution in [0.25, 0.3) is 0 Å². The van der Waals surface area contributed by atoms with E-state index in [0.29, 0.717) is 5.75 Å². The normalized spacial score (nSPS) is 11.8. The molecule has 0 spiro atoms. The Morgan fingerprint density at radius 1 is 1.11 bits per heavy atom. The lowest BCUT2D eigenvalue weighted by Crippen LogP contribution is -2.17. The third-order valence-corrected chi connectivity index (χ3v) is 2.44. The molecule has 0 radical (unpaired) electrons. The van der Waals surface area contributed by atoms with Gasteiger partial charge in [0.2, 0.25) is 0 Å². The summed E-state index contributed by atoms with van der Waals surface area (Å²) in [7, 11) is 5.30. The van der Waals surface area contributed by atoms with Crippen LogP contribution in [0.5, 0.6) is 11.5 Å². The molecule has 0 aliphatic heterocycles. The summed E-state index contributed by atoms with van der Waals surface area (Å²) in [5.41, 5.74) is 0.0296. The van der Waals surface area contributed by atoms with Crippen LogP contribution in [-0.2, 0) is 14.3 Å². The molecule has 0 saturated carbocycles. The fourth-order valence-electron chi connectivity index (χ4n) is 1.53. The first-order valence-electron chi connectivity index (χ1n) is 5.11. The Hall–Kier alpha value is -1.82. The van der Waals surface area contributed by atoms with Gasteiger partial charge in [-0.2, -0.15) is 0 Å². The van der Waals surface area contributed by atoms with Gasteiger partial charge in [0.15, 0.2) is 17.6 Å². The number of methoxy groups -OCH3 is 4. The van der Waals surface area contributed by atoms with Gasteiger partial charge < -0.3 is 18.9 Å². The predicted octanol–water partition coefficient (Wildman–Crippen LogP) is 1.70. The molecule has 0 aromatic heterocycles. The van der Waals surface area contributed by atoms with Gasteiger partial charge in [-0.3, -0.25) is 0 Å². The fraction of sp³-hybridized carbons (Fsp3) is 0.417. The zero-order chi connectivity index (χ0) is 13.7. The minimum absolute atomic E-state index is 0.0296. The van der Waals surface area contributed by atoms with E-state index in [1.165, 1.54) is 34.5 Å². The van der Waals surface area contributed by atoms with Crippen LogP contribution < -0.4 is 9.47 Å². The van der Waals surface area contributed by atoms with Crippen molar-refractivity contribution in [2.75, 3.05) is 28.4 Å². The Morgan fingerprint density at radius 2 is 1.67 bits per heavy atom. The summed E-state index contributed by atoms with van der Waals surface area (Å²) in [6, 6.07) is 2.47. The summed E-state index contributed by atoms with van der Waals surface area (Å²) in [5.74, 6) is -0.785. The smallest absolute Gasteiger partial charge is 0.339 e. The van der Waals surface area contributed by atoms with E-state index in [2.05, 4.69) is 4.74 Å². The highest BCUT2D eigenvalue weighted by Crippen LogP contribution is 2.33. The molecule has 1 unspecified atom stereocenters. The molecule has 1 atom stereocenters. The lowest BCUT2D eigenvalue weighted by molar-refractivity contribution is -0.152. The van der Waals surface area contributed by atoms with Crippen LogP contribution in [0.3, 0.4) is 0 Å². The summed E-state index contributed by atoms with van der Waals surface area (Å²) < 4.78 is 33.3. The Morgan fingerprint density at radius 3 is 2.11 bits per heavy atom. The van der Waals surface area contributed by atoms with Gasteiger partial charge in [-0.05, 0) is 6.07 Å². The Balaban J connectivity index is 3.26. The summed E-state index contributed by atoms with van der Waals surface area (Å²) in [6.07, 6.45) is -1.14. The molecule has 1 aromatic rings. The standard InChI is InChI=1S/C12H15FO5/c1-15-9-5-7(8(13)6-10(9)16-2)11(17-3)12(14)18-4/h5-6,11H,1-4H3. The highest BCUT2D eigenvalue weighted by molar-refractivity contribution is 5.77. The molecule has 0 aliphatic carbocycles. The highest BCUT2D eigenvalue weighted by Gasteiger charge is 2.26. The second-order valence-corrected chi connectivity index (χ2v) is 3.37. The second kappa shape index (κ2) is 6.20. The monoisotopic (exact) mass is 258 g/mol. The van der Waals surface area contributed by atoms with E-state index in [9.17, 15) is 9.18 Å². The average Bonchev–Trinajstić information content (AvgIpc) is 2.40. The van der Waals surface area contributed by atoms with Crippen LogP contribution in [0.4, 0.5) is 4.39 Å². The lowest BCUT2D eigenvalue weighted by Gasteiger charge is -2.16. The molecule has 6 heteroatoms. The number of carbonyl (C=O) groups excluding carboxylic acids is 1. The summed E-state index contributed by atoms with van der Waals surface area (Å²) >= 11 is 0. The number of halogens is 1. The van der Waals surface area contributed by atoms with Crippen molar-refractivity contribution in [1.29, 1.82) is 0 Å². The molecule has 18 heavy (non-hydrogen) atoms. The van der Waals surface area contributed by atoms with Gasteiger partial charge in [0.25, 0.3) is 0 Å². The van der Waals surface area contributed by atoms with Crippen molar-refractivity contribution in [2.24, 2.45) is 0 Å². The quantitative estimate of drug-likeness (QED) is 0.752. The minimum Gasteiger partial charge on any atom is -0.493 e. The van der Waals surface area contributed by atoms with Crippen LogP contribution in [0.2, 0.25) is 0 Å². The molecule has 0 bridgehead atoms. The van der Waals surface area contributed by atoms with E-state index < -0.39 is 17.9 Å². The van der Waals surface area contributed by atoms with Crippen LogP contribution in [0, 0.1) is 5.82 Å². The molecule has 0 heterocycles. The largest absolute Gasteiger partial charge is 0.493 e. The number of esters is 1. The zero-order valence-corrected chi connectivity index (χ0v) is 10.7. The average molecular weight is 258 g/mol. The molecule has 0 saturated heterocycles. The van der Waals surface area contributed by atoms with Gasteiger partial charge >= 0.3 is 5.97 Å². The van der Waals surface area contributed by atoms with Crippen LogP contribution in [-0.4, -0.2) is 34.4 Å². The van der Waals surface area contributed by atoms with Crippen molar-refractivity contribution in [2.45, 2.75) is 6.10 Å². The maximum Gasteiger partial charge on any atom is 0.339 e. The highest BCUT2D eigenvalue weighted by atomic mass is 19.1. The van der Waals surface area contributed by atoms with Crippen LogP contribution in [0.1, 0.15) is 11.7 Å². The third-order valence-electron chi connectivity index (χ3n) is 2.44. The molecule has 0 N–H and O–H groups in total. The zero-order valence-electron chi connectivity index (χ0n) is 10.7. The second-order valence-electron chi connectivity index (χ2n) is 3.37. The number of hydrogen-bond acceptors (Lipinski definition) is 5. The van der Waals surface area contributed by atoms with E-state index in [0.717, 1.165) is 6.07 Å². The number of carbonyl (C=O) groups is 1. The Labute approximate surface area is 104 Å². The van der Waals surface area contributed by atoms with E-state index in [4.69, 9.17) is 14.2 Å². The molecule has 1 aromatic carbocycles. The predicted molar refractivity (Wildman–Crippen MR) is 61.3 cm³/mol. The van der Waals surface area contributed by atoms with Crippen LogP contribution in [0.15, 0.2) is 12.1 Å². The summed E-state index contributed by atoms with van der Waals surface area (Å²) in [4.78, 5) is 11.5. The minimum atomic E-state index is -1.14. The van der Waals surface area contributed by atoms with E-state index in [-0.39, 0.29) is 11.3 Å². The lowest BCUT2D eigenvalue weighted by atomic mass is 10.1. The third kappa shape index (κ3) is 2.70. The van der Waals surface area contributed by atoms with E-state index in [1.54, 1.807) is 0 Å². The van der Waals surface area contributed by atoms with Gasteiger partial charge in [-0.15, -0.1) is 0 Å². The first-order chi connectivity index (χ1) is 8.58. The molecule has 0 amide bonds. The Kier molecular flexibility index (Phi) is 4.91. The molecular weight excluding hydrogens is 243 g/mol. The SMILES string of the molecule is COC(=O)C(OC)c1cc(OC)c(OC)cc1F. The van der Waals surface area contributed by atoms with E-state index >= 15 is 0 Å². The molecule has 0 fully saturated rings. The number of rotatable bonds is 5. The molecule has 100 valence electrons. The number of ether oxygens (including phenoxy) is 4.